The van der Waals surface area contributed by atoms with Crippen LogP contribution in [-0.2, 0) is 0 Å². The Morgan fingerprint density at radius 3 is 2.46 bits per heavy atom. The van der Waals surface area contributed by atoms with Gasteiger partial charge in [0.2, 0.25) is 0 Å². The number of piperidine rings is 1. The molecule has 1 aliphatic rings. The number of carbonyl (C=O) groups is 1. The maximum absolute atomic E-state index is 12.4. The molecule has 0 unspecified atom stereocenters. The number of aromatic nitrogens is 2. The van der Waals surface area contributed by atoms with Gasteiger partial charge in [0.1, 0.15) is 11.5 Å². The smallest absolute Gasteiger partial charge is 0.275 e. The van der Waals surface area contributed by atoms with Gasteiger partial charge in [0.25, 0.3) is 5.91 Å². The van der Waals surface area contributed by atoms with E-state index in [0.29, 0.717) is 11.5 Å². The third-order valence-electron chi connectivity index (χ3n) is 5.02. The minimum absolute atomic E-state index is 0.258. The number of hydrogen-bond acceptors (Lipinski definition) is 6. The molecule has 1 aromatic carbocycles. The molecule has 1 aliphatic heterocycles. The van der Waals surface area contributed by atoms with Crippen LogP contribution in [0, 0.1) is 5.92 Å². The van der Waals surface area contributed by atoms with Crippen molar-refractivity contribution in [3.05, 3.63) is 42.4 Å². The molecule has 2 N–H and O–H groups in total. The van der Waals surface area contributed by atoms with E-state index in [-0.39, 0.29) is 5.91 Å². The molecule has 1 amide bonds. The van der Waals surface area contributed by atoms with Crippen LogP contribution in [0.15, 0.2) is 36.7 Å². The largest absolute Gasteiger partial charge is 0.372 e. The molecule has 0 spiro atoms. The van der Waals surface area contributed by atoms with Crippen LogP contribution < -0.4 is 15.5 Å². The molecule has 2 aromatic rings. The molecular formula is C21H30N6O. The predicted molar refractivity (Wildman–Crippen MR) is 114 cm³/mol. The number of nitrogens with one attached hydrogen (secondary N) is 2. The second-order valence-corrected chi connectivity index (χ2v) is 7.69. The standard InChI is InChI=1S/C21H30N6O/c1-16-8-11-27(12-9-16)18-6-4-17(5-7-18)25-21(28)19-14-24-20(15-23-19)22-10-13-26(2)3/h4-7,14-16H,8-13H2,1-3H3,(H,22,24)(H,25,28). The van der Waals surface area contributed by atoms with Crippen molar-refractivity contribution in [2.75, 3.05) is 55.8 Å². The normalized spacial score (nSPS) is 14.9. The molecular weight excluding hydrogens is 352 g/mol. The van der Waals surface area contributed by atoms with Gasteiger partial charge in [-0.25, -0.2) is 9.97 Å². The highest BCUT2D eigenvalue weighted by Crippen LogP contribution is 2.24. The second-order valence-electron chi connectivity index (χ2n) is 7.69. The summed E-state index contributed by atoms with van der Waals surface area (Å²) >= 11 is 0. The third kappa shape index (κ3) is 5.66. The maximum atomic E-state index is 12.4. The van der Waals surface area contributed by atoms with Crippen LogP contribution in [0.25, 0.3) is 0 Å². The zero-order valence-corrected chi connectivity index (χ0v) is 17.0. The van der Waals surface area contributed by atoms with Crippen LogP contribution in [-0.4, -0.2) is 61.0 Å². The number of anilines is 3. The zero-order valence-electron chi connectivity index (χ0n) is 17.0. The van der Waals surface area contributed by atoms with Gasteiger partial charge in [-0.2, -0.15) is 0 Å². The second kappa shape index (κ2) is 9.50. The van der Waals surface area contributed by atoms with Gasteiger partial charge in [-0.05, 0) is 57.1 Å². The van der Waals surface area contributed by atoms with Crippen molar-refractivity contribution in [2.45, 2.75) is 19.8 Å². The number of amides is 1. The summed E-state index contributed by atoms with van der Waals surface area (Å²) in [7, 11) is 4.03. The first-order chi connectivity index (χ1) is 13.5. The van der Waals surface area contributed by atoms with Crippen LogP contribution in [0.4, 0.5) is 17.2 Å². The van der Waals surface area contributed by atoms with Crippen molar-refractivity contribution < 1.29 is 4.79 Å². The van der Waals surface area contributed by atoms with Gasteiger partial charge >= 0.3 is 0 Å². The van der Waals surface area contributed by atoms with E-state index in [4.69, 9.17) is 0 Å². The maximum Gasteiger partial charge on any atom is 0.275 e. The van der Waals surface area contributed by atoms with E-state index < -0.39 is 0 Å². The van der Waals surface area contributed by atoms with Crippen molar-refractivity contribution in [2.24, 2.45) is 5.92 Å². The van der Waals surface area contributed by atoms with Gasteiger partial charge in [0.15, 0.2) is 0 Å². The Bertz CT molecular complexity index is 751. The minimum Gasteiger partial charge on any atom is -0.372 e. The van der Waals surface area contributed by atoms with Crippen LogP contribution in [0.1, 0.15) is 30.3 Å². The fraction of sp³-hybridized carbons (Fsp3) is 0.476. The van der Waals surface area contributed by atoms with Crippen LogP contribution in [0.2, 0.25) is 0 Å². The zero-order chi connectivity index (χ0) is 19.9. The summed E-state index contributed by atoms with van der Waals surface area (Å²) in [5.41, 5.74) is 2.26. The van der Waals surface area contributed by atoms with Crippen LogP contribution >= 0.6 is 0 Å². The van der Waals surface area contributed by atoms with Crippen molar-refractivity contribution in [1.82, 2.24) is 14.9 Å². The summed E-state index contributed by atoms with van der Waals surface area (Å²) < 4.78 is 0. The summed E-state index contributed by atoms with van der Waals surface area (Å²) in [5.74, 6) is 1.22. The third-order valence-corrected chi connectivity index (χ3v) is 5.02. The summed E-state index contributed by atoms with van der Waals surface area (Å²) in [5, 5.41) is 6.07. The molecule has 7 nitrogen and oxygen atoms in total. The lowest BCUT2D eigenvalue weighted by atomic mass is 9.99. The molecule has 7 heteroatoms. The number of rotatable bonds is 7. The molecule has 2 heterocycles. The lowest BCUT2D eigenvalue weighted by Gasteiger charge is -2.32. The lowest BCUT2D eigenvalue weighted by molar-refractivity contribution is 0.102. The SMILES string of the molecule is CC1CCN(c2ccc(NC(=O)c3cnc(NCCN(C)C)cn3)cc2)CC1. The van der Waals surface area contributed by atoms with Crippen molar-refractivity contribution >= 4 is 23.1 Å². The molecule has 1 saturated heterocycles. The highest BCUT2D eigenvalue weighted by atomic mass is 16.1. The Hall–Kier alpha value is -2.67. The monoisotopic (exact) mass is 382 g/mol. The number of likely N-dealkylation sites (N-methyl/N-ethyl adjacent to an activating group) is 1. The van der Waals surface area contributed by atoms with Gasteiger partial charge in [0, 0.05) is 37.6 Å². The first-order valence-corrected chi connectivity index (χ1v) is 9.88. The van der Waals surface area contributed by atoms with Crippen LogP contribution in [0.3, 0.4) is 0 Å². The van der Waals surface area contributed by atoms with E-state index in [9.17, 15) is 4.79 Å². The minimum atomic E-state index is -0.258. The van der Waals surface area contributed by atoms with E-state index in [1.54, 1.807) is 6.20 Å². The Morgan fingerprint density at radius 1 is 1.14 bits per heavy atom. The van der Waals surface area contributed by atoms with E-state index >= 15 is 0 Å². The molecule has 1 aromatic heterocycles. The first-order valence-electron chi connectivity index (χ1n) is 9.88. The average molecular weight is 383 g/mol. The van der Waals surface area contributed by atoms with E-state index in [1.165, 1.54) is 24.7 Å². The van der Waals surface area contributed by atoms with Gasteiger partial charge in [-0.15, -0.1) is 0 Å². The number of carbonyl (C=O) groups excluding carboxylic acids is 1. The Morgan fingerprint density at radius 2 is 1.86 bits per heavy atom. The van der Waals surface area contributed by atoms with E-state index in [1.807, 2.05) is 26.2 Å². The van der Waals surface area contributed by atoms with Gasteiger partial charge in [0.05, 0.1) is 12.4 Å². The average Bonchev–Trinajstić information content (AvgIpc) is 2.69. The topological polar surface area (TPSA) is 73.4 Å². The van der Waals surface area contributed by atoms with Crippen LogP contribution in [0.5, 0.6) is 0 Å². The van der Waals surface area contributed by atoms with Crippen molar-refractivity contribution in [1.29, 1.82) is 0 Å². The number of nitrogens with zero attached hydrogens (tertiary/aromatic N) is 4. The van der Waals surface area contributed by atoms with Crippen molar-refractivity contribution in [3.63, 3.8) is 0 Å². The molecule has 3 rings (SSSR count). The molecule has 0 bridgehead atoms. The summed E-state index contributed by atoms with van der Waals surface area (Å²) in [6, 6.07) is 8.01. The van der Waals surface area contributed by atoms with Gasteiger partial charge in [-0.1, -0.05) is 6.92 Å². The van der Waals surface area contributed by atoms with E-state index in [2.05, 4.69) is 49.5 Å². The molecule has 150 valence electrons. The summed E-state index contributed by atoms with van der Waals surface area (Å²) in [6.07, 6.45) is 5.55. The predicted octanol–water partition coefficient (Wildman–Crippen LogP) is 2.94. The molecule has 28 heavy (non-hydrogen) atoms. The Kier molecular flexibility index (Phi) is 6.81. The lowest BCUT2D eigenvalue weighted by Crippen LogP contribution is -2.32. The Balaban J connectivity index is 1.52. The summed E-state index contributed by atoms with van der Waals surface area (Å²) in [4.78, 5) is 25.4. The highest BCUT2D eigenvalue weighted by Gasteiger charge is 2.16. The fourth-order valence-corrected chi connectivity index (χ4v) is 3.16. The van der Waals surface area contributed by atoms with Gasteiger partial charge in [-0.3, -0.25) is 4.79 Å². The molecule has 0 atom stereocenters. The first kappa shape index (κ1) is 20.1. The Labute approximate surface area is 167 Å². The molecule has 0 aliphatic carbocycles. The summed E-state index contributed by atoms with van der Waals surface area (Å²) in [6.45, 7) is 6.17. The number of benzene rings is 1. The molecule has 0 radical (unpaired) electrons. The van der Waals surface area contributed by atoms with Crippen molar-refractivity contribution in [3.8, 4) is 0 Å². The number of hydrogen-bond donors (Lipinski definition) is 2. The van der Waals surface area contributed by atoms with E-state index in [0.717, 1.165) is 37.8 Å². The fourth-order valence-electron chi connectivity index (χ4n) is 3.16. The van der Waals surface area contributed by atoms with Gasteiger partial charge < -0.3 is 20.4 Å². The molecule has 0 saturated carbocycles. The highest BCUT2D eigenvalue weighted by molar-refractivity contribution is 6.02. The quantitative estimate of drug-likeness (QED) is 0.767. The molecule has 1 fully saturated rings.